The fraction of sp³-hybridized carbons (Fsp3) is 0.174. The minimum Gasteiger partial charge on any atom is -0.461 e. The summed E-state index contributed by atoms with van der Waals surface area (Å²) in [6.07, 6.45) is 6.11. The molecule has 3 N–H and O–H groups in total. The predicted octanol–water partition coefficient (Wildman–Crippen LogP) is 4.13. The summed E-state index contributed by atoms with van der Waals surface area (Å²) in [7, 11) is 0. The van der Waals surface area contributed by atoms with Gasteiger partial charge in [-0.2, -0.15) is 0 Å². The molecule has 2 heterocycles. The van der Waals surface area contributed by atoms with Crippen LogP contribution in [0.15, 0.2) is 54.9 Å². The fourth-order valence-corrected chi connectivity index (χ4v) is 3.62. The van der Waals surface area contributed by atoms with Crippen molar-refractivity contribution in [2.45, 2.75) is 19.6 Å². The quantitative estimate of drug-likeness (QED) is 0.376. The van der Waals surface area contributed by atoms with Gasteiger partial charge < -0.3 is 20.1 Å². The Morgan fingerprint density at radius 3 is 2.69 bits per heavy atom. The predicted molar refractivity (Wildman–Crippen MR) is 123 cm³/mol. The van der Waals surface area contributed by atoms with Crippen LogP contribution in [-0.4, -0.2) is 33.0 Å². The number of carbonyl (C=O) groups excluding carboxylic acids is 2. The van der Waals surface area contributed by atoms with E-state index in [2.05, 4.69) is 4.98 Å². The van der Waals surface area contributed by atoms with Crippen LogP contribution in [0, 0.1) is 0 Å². The lowest BCUT2D eigenvalue weighted by atomic mass is 10.1. The highest BCUT2D eigenvalue weighted by molar-refractivity contribution is 6.37. The first-order valence-corrected chi connectivity index (χ1v) is 10.5. The molecule has 0 spiro atoms. The van der Waals surface area contributed by atoms with E-state index >= 15 is 0 Å². The molecule has 3 aromatic rings. The van der Waals surface area contributed by atoms with E-state index in [1.807, 2.05) is 0 Å². The van der Waals surface area contributed by atoms with Crippen LogP contribution in [-0.2, 0) is 16.1 Å². The van der Waals surface area contributed by atoms with E-state index < -0.39 is 12.0 Å². The molecule has 3 rings (SSSR count). The average molecular weight is 474 g/mol. The molecule has 2 aromatic heterocycles. The van der Waals surface area contributed by atoms with Crippen LogP contribution in [0.5, 0.6) is 0 Å². The van der Waals surface area contributed by atoms with Crippen molar-refractivity contribution in [3.8, 4) is 5.69 Å². The number of pyridine rings is 1. The zero-order valence-corrected chi connectivity index (χ0v) is 18.7. The largest absolute Gasteiger partial charge is 0.461 e. The van der Waals surface area contributed by atoms with E-state index in [-0.39, 0.29) is 29.7 Å². The van der Waals surface area contributed by atoms with Gasteiger partial charge in [-0.15, -0.1) is 0 Å². The lowest BCUT2D eigenvalue weighted by molar-refractivity contribution is -0.115. The third-order valence-electron chi connectivity index (χ3n) is 4.70. The maximum Gasteiger partial charge on any atom is 0.356 e. The van der Waals surface area contributed by atoms with Gasteiger partial charge in [0.05, 0.1) is 23.9 Å². The highest BCUT2D eigenvalue weighted by Gasteiger charge is 2.20. The monoisotopic (exact) mass is 473 g/mol. The molecule has 0 fully saturated rings. The Labute approximate surface area is 195 Å². The summed E-state index contributed by atoms with van der Waals surface area (Å²) in [5.74, 6) is -0.848. The van der Waals surface area contributed by atoms with Gasteiger partial charge in [-0.25, -0.2) is 9.78 Å². The Kier molecular flexibility index (Phi) is 7.82. The molecule has 9 heteroatoms. The Hall–Kier alpha value is -2.97. The van der Waals surface area contributed by atoms with Crippen molar-refractivity contribution in [2.75, 3.05) is 6.61 Å². The molecular weight excluding hydrogens is 453 g/mol. The normalized spacial score (nSPS) is 12.2. The first kappa shape index (κ1) is 23.7. The zero-order valence-electron chi connectivity index (χ0n) is 17.2. The third-order valence-corrected chi connectivity index (χ3v) is 5.48. The number of aromatic nitrogens is 2. The number of halogens is 2. The number of hydrogen-bond acceptors (Lipinski definition) is 6. The average Bonchev–Trinajstić information content (AvgIpc) is 3.27. The van der Waals surface area contributed by atoms with Gasteiger partial charge in [0.1, 0.15) is 11.7 Å². The van der Waals surface area contributed by atoms with Crippen molar-refractivity contribution in [3.63, 3.8) is 0 Å². The molecule has 0 saturated heterocycles. The topological polar surface area (TPSA) is 107 Å². The second-order valence-electron chi connectivity index (χ2n) is 6.73. The van der Waals surface area contributed by atoms with Crippen LogP contribution in [0.4, 0.5) is 0 Å². The molecule has 32 heavy (non-hydrogen) atoms. The number of esters is 1. The Bertz CT molecular complexity index is 1160. The highest BCUT2D eigenvalue weighted by atomic mass is 35.5. The summed E-state index contributed by atoms with van der Waals surface area (Å²) in [4.78, 5) is 28.4. The summed E-state index contributed by atoms with van der Waals surface area (Å²) in [6.45, 7) is 1.66. The van der Waals surface area contributed by atoms with Gasteiger partial charge >= 0.3 is 5.97 Å². The van der Waals surface area contributed by atoms with E-state index in [9.17, 15) is 14.7 Å². The summed E-state index contributed by atoms with van der Waals surface area (Å²) in [5, 5.41) is 10.2. The summed E-state index contributed by atoms with van der Waals surface area (Å²) in [5.41, 5.74) is 8.49. The molecule has 0 radical (unpaired) electrons. The molecule has 0 bridgehead atoms. The van der Waals surface area contributed by atoms with E-state index in [0.717, 1.165) is 0 Å². The second kappa shape index (κ2) is 10.6. The van der Waals surface area contributed by atoms with Gasteiger partial charge in [-0.05, 0) is 55.0 Å². The lowest BCUT2D eigenvalue weighted by Crippen LogP contribution is -2.22. The van der Waals surface area contributed by atoms with Gasteiger partial charge in [-0.3, -0.25) is 4.79 Å². The van der Waals surface area contributed by atoms with Crippen LogP contribution < -0.4 is 5.73 Å². The first-order chi connectivity index (χ1) is 15.4. The first-order valence-electron chi connectivity index (χ1n) is 9.73. The number of ketones is 1. The van der Waals surface area contributed by atoms with E-state index in [4.69, 9.17) is 33.7 Å². The van der Waals surface area contributed by atoms with Crippen molar-refractivity contribution in [2.24, 2.45) is 5.73 Å². The molecule has 0 amide bonds. The number of benzene rings is 1. The Morgan fingerprint density at radius 1 is 1.25 bits per heavy atom. The molecule has 0 aliphatic carbocycles. The number of carbonyl (C=O) groups is 2. The summed E-state index contributed by atoms with van der Waals surface area (Å²) >= 11 is 12.5. The van der Waals surface area contributed by atoms with Crippen molar-refractivity contribution in [1.82, 2.24) is 9.55 Å². The highest BCUT2D eigenvalue weighted by Crippen LogP contribution is 2.32. The molecule has 0 saturated carbocycles. The van der Waals surface area contributed by atoms with E-state index in [1.165, 1.54) is 18.3 Å². The van der Waals surface area contributed by atoms with Gasteiger partial charge in [0, 0.05) is 28.7 Å². The molecule has 0 aliphatic heterocycles. The van der Waals surface area contributed by atoms with Crippen LogP contribution >= 0.6 is 23.2 Å². The van der Waals surface area contributed by atoms with Gasteiger partial charge in [0.25, 0.3) is 0 Å². The van der Waals surface area contributed by atoms with Crippen LogP contribution in [0.25, 0.3) is 11.8 Å². The van der Waals surface area contributed by atoms with Crippen molar-refractivity contribution >= 4 is 41.0 Å². The number of nitrogens with two attached hydrogens (primary N) is 1. The lowest BCUT2D eigenvalue weighted by Gasteiger charge is -2.16. The maximum atomic E-state index is 12.7. The maximum absolute atomic E-state index is 12.7. The summed E-state index contributed by atoms with van der Waals surface area (Å²) < 4.78 is 6.58. The summed E-state index contributed by atoms with van der Waals surface area (Å²) in [6, 6.07) is 8.99. The van der Waals surface area contributed by atoms with Gasteiger partial charge in [-0.1, -0.05) is 29.3 Å². The second-order valence-corrected chi connectivity index (χ2v) is 7.52. The number of hydrogen-bond donors (Lipinski definition) is 2. The Morgan fingerprint density at radius 2 is 2.03 bits per heavy atom. The number of aliphatic hydroxyl groups is 1. The number of ether oxygens (including phenoxy) is 1. The minimum atomic E-state index is -0.961. The van der Waals surface area contributed by atoms with Crippen LogP contribution in [0.3, 0.4) is 0 Å². The van der Waals surface area contributed by atoms with Gasteiger partial charge in [0.2, 0.25) is 0 Å². The van der Waals surface area contributed by atoms with Crippen molar-refractivity contribution in [1.29, 1.82) is 0 Å². The Balaban J connectivity index is 1.80. The molecule has 166 valence electrons. The standard InChI is InChI=1S/C23H21Cl2N3O4/c1-2-32-23(31)17-8-5-14(12-27-17)6-10-20(30)22(26)19-4-3-11-28(19)18-9-7-16(24)15(13-29)21(18)25/h3-12,22,29H,2,13,26H2,1H3/b10-6+. The van der Waals surface area contributed by atoms with Crippen LogP contribution in [0.1, 0.15) is 40.3 Å². The van der Waals surface area contributed by atoms with E-state index in [1.54, 1.807) is 54.1 Å². The number of rotatable bonds is 8. The number of aliphatic hydroxyl groups excluding tert-OH is 1. The fourth-order valence-electron chi connectivity index (χ4n) is 3.04. The molecule has 1 unspecified atom stereocenters. The molecule has 1 aromatic carbocycles. The SMILES string of the molecule is CCOC(=O)c1ccc(/C=C/C(=O)C(N)c2cccn2-c2ccc(Cl)c(CO)c2Cl)cn1. The van der Waals surface area contributed by atoms with E-state index in [0.29, 0.717) is 27.5 Å². The van der Waals surface area contributed by atoms with Crippen molar-refractivity contribution in [3.05, 3.63) is 87.4 Å². The molecule has 0 aliphatic rings. The molecule has 7 nitrogen and oxygen atoms in total. The molecular formula is C23H21Cl2N3O4. The van der Waals surface area contributed by atoms with Crippen molar-refractivity contribution < 1.29 is 19.4 Å². The minimum absolute atomic E-state index is 0.187. The molecule has 1 atom stereocenters. The zero-order chi connectivity index (χ0) is 23.3. The smallest absolute Gasteiger partial charge is 0.356 e. The van der Waals surface area contributed by atoms with Gasteiger partial charge in [0.15, 0.2) is 5.78 Å². The van der Waals surface area contributed by atoms with Crippen LogP contribution in [0.2, 0.25) is 10.0 Å². The number of nitrogens with zero attached hydrogens (tertiary/aromatic N) is 2. The third kappa shape index (κ3) is 5.08.